The maximum atomic E-state index is 13.5. The summed E-state index contributed by atoms with van der Waals surface area (Å²) in [6, 6.07) is 3.45. The van der Waals surface area contributed by atoms with Gasteiger partial charge in [0.1, 0.15) is 10.5 Å². The topological polar surface area (TPSA) is 52.6 Å². The molecule has 4 nitrogen and oxygen atoms in total. The van der Waals surface area contributed by atoms with E-state index in [4.69, 9.17) is 9.47 Å². The summed E-state index contributed by atoms with van der Waals surface area (Å²) in [7, 11) is -3.77. The van der Waals surface area contributed by atoms with Crippen molar-refractivity contribution >= 4 is 9.84 Å². The van der Waals surface area contributed by atoms with Crippen LogP contribution in [0.15, 0.2) is 18.2 Å². The third-order valence-corrected chi connectivity index (χ3v) is 6.01. The summed E-state index contributed by atoms with van der Waals surface area (Å²) in [5, 5.41) is 0. The van der Waals surface area contributed by atoms with E-state index in [1.54, 1.807) is 0 Å². The van der Waals surface area contributed by atoms with E-state index in [0.29, 0.717) is 18.9 Å². The third-order valence-electron chi connectivity index (χ3n) is 4.13. The summed E-state index contributed by atoms with van der Waals surface area (Å²) in [5.74, 6) is 0.447. The van der Waals surface area contributed by atoms with Crippen molar-refractivity contribution in [1.82, 2.24) is 0 Å². The number of sulfone groups is 1. The van der Waals surface area contributed by atoms with Crippen LogP contribution in [0.4, 0.5) is 13.2 Å². The van der Waals surface area contributed by atoms with Crippen LogP contribution in [0.5, 0.6) is 5.75 Å². The lowest BCUT2D eigenvalue weighted by Crippen LogP contribution is -2.53. The molecule has 0 aromatic heterocycles. The van der Waals surface area contributed by atoms with Gasteiger partial charge in [-0.15, -0.1) is 0 Å². The van der Waals surface area contributed by atoms with E-state index in [1.807, 2.05) is 13.8 Å². The van der Waals surface area contributed by atoms with Gasteiger partial charge >= 0.3 is 6.18 Å². The summed E-state index contributed by atoms with van der Waals surface area (Å²) in [6.07, 6.45) is -3.03. The molecule has 0 spiro atoms. The molecule has 1 aliphatic rings. The predicted molar refractivity (Wildman–Crippen MR) is 83.7 cm³/mol. The van der Waals surface area contributed by atoms with Crippen molar-refractivity contribution in [3.63, 3.8) is 0 Å². The second-order valence-electron chi connectivity index (χ2n) is 6.50. The van der Waals surface area contributed by atoms with Gasteiger partial charge in [0.15, 0.2) is 9.84 Å². The molecule has 24 heavy (non-hydrogen) atoms. The SMILES string of the molecule is CC(C)CCOc1ccc(C2(S(C)(=O)=O)COC2)c(C(F)(F)F)c1. The monoisotopic (exact) mass is 366 g/mol. The summed E-state index contributed by atoms with van der Waals surface area (Å²) >= 11 is 0. The lowest BCUT2D eigenvalue weighted by molar-refractivity contribution is -0.140. The van der Waals surface area contributed by atoms with E-state index >= 15 is 0 Å². The van der Waals surface area contributed by atoms with Crippen molar-refractivity contribution in [2.75, 3.05) is 26.1 Å². The fourth-order valence-corrected chi connectivity index (χ4v) is 3.69. The predicted octanol–water partition coefficient (Wildman–Crippen LogP) is 3.40. The lowest BCUT2D eigenvalue weighted by atomic mass is 9.91. The van der Waals surface area contributed by atoms with Gasteiger partial charge in [-0.1, -0.05) is 19.9 Å². The Bertz CT molecular complexity index is 692. The van der Waals surface area contributed by atoms with Gasteiger partial charge in [-0.3, -0.25) is 0 Å². The zero-order chi connectivity index (χ0) is 18.2. The highest BCUT2D eigenvalue weighted by Crippen LogP contribution is 2.45. The van der Waals surface area contributed by atoms with E-state index in [9.17, 15) is 21.6 Å². The average molecular weight is 366 g/mol. The molecule has 1 saturated heterocycles. The molecule has 0 N–H and O–H groups in total. The zero-order valence-corrected chi connectivity index (χ0v) is 14.6. The summed E-state index contributed by atoms with van der Waals surface area (Å²) < 4.78 is 73.2. The Labute approximate surface area is 139 Å². The van der Waals surface area contributed by atoms with Crippen LogP contribution in [-0.4, -0.2) is 34.5 Å². The van der Waals surface area contributed by atoms with E-state index < -0.39 is 26.3 Å². The minimum absolute atomic E-state index is 0.0793. The zero-order valence-electron chi connectivity index (χ0n) is 13.8. The summed E-state index contributed by atoms with van der Waals surface area (Å²) in [4.78, 5) is 0. The van der Waals surface area contributed by atoms with Crippen LogP contribution in [0.1, 0.15) is 31.4 Å². The Morgan fingerprint density at radius 2 is 1.92 bits per heavy atom. The molecule has 0 bridgehead atoms. The molecular formula is C16H21F3O4S. The number of alkyl halides is 3. The van der Waals surface area contributed by atoms with Gasteiger partial charge in [-0.2, -0.15) is 13.2 Å². The number of rotatable bonds is 6. The first kappa shape index (κ1) is 19.1. The second kappa shape index (κ2) is 6.55. The average Bonchev–Trinajstić information content (AvgIpc) is 2.35. The molecule has 0 saturated carbocycles. The normalized spacial score (nSPS) is 17.6. The number of hydrogen-bond donors (Lipinski definition) is 0. The molecule has 1 aromatic rings. The van der Waals surface area contributed by atoms with Gasteiger partial charge in [0.05, 0.1) is 25.4 Å². The van der Waals surface area contributed by atoms with E-state index in [2.05, 4.69) is 0 Å². The van der Waals surface area contributed by atoms with Crippen LogP contribution < -0.4 is 4.74 Å². The molecule has 0 unspecified atom stereocenters. The minimum Gasteiger partial charge on any atom is -0.494 e. The maximum Gasteiger partial charge on any atom is 0.416 e. The molecule has 2 rings (SSSR count). The van der Waals surface area contributed by atoms with Gasteiger partial charge in [0, 0.05) is 6.26 Å². The maximum absolute atomic E-state index is 13.5. The van der Waals surface area contributed by atoms with Crippen molar-refractivity contribution in [1.29, 1.82) is 0 Å². The fraction of sp³-hybridized carbons (Fsp3) is 0.625. The molecule has 1 heterocycles. The third kappa shape index (κ3) is 3.69. The lowest BCUT2D eigenvalue weighted by Gasteiger charge is -2.41. The van der Waals surface area contributed by atoms with E-state index in [1.165, 1.54) is 12.1 Å². The molecule has 136 valence electrons. The smallest absolute Gasteiger partial charge is 0.416 e. The number of hydrogen-bond acceptors (Lipinski definition) is 4. The Balaban J connectivity index is 2.42. The number of ether oxygens (including phenoxy) is 2. The first-order valence-corrected chi connectivity index (χ1v) is 9.48. The van der Waals surface area contributed by atoms with Crippen LogP contribution >= 0.6 is 0 Å². The van der Waals surface area contributed by atoms with Gasteiger partial charge in [-0.25, -0.2) is 8.42 Å². The molecule has 1 fully saturated rings. The van der Waals surface area contributed by atoms with Crippen molar-refractivity contribution < 1.29 is 31.1 Å². The molecule has 1 aromatic carbocycles. The molecule has 0 radical (unpaired) electrons. The van der Waals surface area contributed by atoms with Crippen LogP contribution in [0, 0.1) is 5.92 Å². The van der Waals surface area contributed by atoms with E-state index in [0.717, 1.165) is 12.3 Å². The summed E-state index contributed by atoms with van der Waals surface area (Å²) in [6.45, 7) is 3.72. The van der Waals surface area contributed by atoms with E-state index in [-0.39, 0.29) is 24.5 Å². The first-order valence-electron chi connectivity index (χ1n) is 7.59. The molecule has 0 amide bonds. The highest BCUT2D eigenvalue weighted by molar-refractivity contribution is 7.91. The molecule has 1 aliphatic heterocycles. The van der Waals surface area contributed by atoms with Crippen LogP contribution in [-0.2, 0) is 25.5 Å². The Kier molecular flexibility index (Phi) is 5.20. The summed E-state index contributed by atoms with van der Waals surface area (Å²) in [5.41, 5.74) is -1.27. The Morgan fingerprint density at radius 3 is 2.33 bits per heavy atom. The Hall–Kier alpha value is -1.28. The highest BCUT2D eigenvalue weighted by atomic mass is 32.2. The first-order chi connectivity index (χ1) is 11.0. The van der Waals surface area contributed by atoms with Crippen molar-refractivity contribution in [2.24, 2.45) is 5.92 Å². The molecular weight excluding hydrogens is 345 g/mol. The van der Waals surface area contributed by atoms with Crippen molar-refractivity contribution in [3.05, 3.63) is 29.3 Å². The largest absolute Gasteiger partial charge is 0.494 e. The Morgan fingerprint density at radius 1 is 1.29 bits per heavy atom. The van der Waals surface area contributed by atoms with Crippen LogP contribution in [0.3, 0.4) is 0 Å². The number of benzene rings is 1. The van der Waals surface area contributed by atoms with Crippen LogP contribution in [0.25, 0.3) is 0 Å². The molecule has 8 heteroatoms. The highest BCUT2D eigenvalue weighted by Gasteiger charge is 2.53. The molecule has 0 atom stereocenters. The quantitative estimate of drug-likeness (QED) is 0.774. The number of halogens is 3. The second-order valence-corrected chi connectivity index (χ2v) is 8.82. The van der Waals surface area contributed by atoms with Gasteiger partial charge in [-0.05, 0) is 30.0 Å². The standard InChI is InChI=1S/C16H21F3O4S/c1-11(2)6-7-23-12-4-5-13(14(8-12)16(17,18)19)15(9-22-10-15)24(3,20)21/h4-5,8,11H,6-7,9-10H2,1-3H3. The molecule has 0 aliphatic carbocycles. The van der Waals surface area contributed by atoms with Gasteiger partial charge in [0.2, 0.25) is 0 Å². The van der Waals surface area contributed by atoms with Crippen molar-refractivity contribution in [3.8, 4) is 5.75 Å². The minimum atomic E-state index is -4.68. The fourth-order valence-electron chi connectivity index (χ4n) is 2.51. The van der Waals surface area contributed by atoms with Gasteiger partial charge < -0.3 is 9.47 Å². The van der Waals surface area contributed by atoms with Crippen molar-refractivity contribution in [2.45, 2.75) is 31.2 Å². The van der Waals surface area contributed by atoms with Crippen LogP contribution in [0.2, 0.25) is 0 Å². The van der Waals surface area contributed by atoms with Gasteiger partial charge in [0.25, 0.3) is 0 Å².